The molecule has 0 aliphatic carbocycles. The number of carbonyl (C=O) groups is 1. The Kier molecular flexibility index (Phi) is 2.29. The van der Waals surface area contributed by atoms with Crippen LogP contribution in [0.2, 0.25) is 0 Å². The molecule has 0 atom stereocenters. The number of nitrogens with zero attached hydrogens (tertiary/aromatic N) is 1. The molecule has 72 valence electrons. The lowest BCUT2D eigenvalue weighted by atomic mass is 10.1. The highest BCUT2D eigenvalue weighted by Gasteiger charge is 2.06. The summed E-state index contributed by atoms with van der Waals surface area (Å²) < 4.78 is 5.41. The van der Waals surface area contributed by atoms with E-state index in [0.717, 1.165) is 5.52 Å². The maximum absolute atomic E-state index is 11.1. The zero-order valence-corrected chi connectivity index (χ0v) is 8.72. The predicted molar refractivity (Wildman–Crippen MR) is 55.8 cm³/mol. The smallest absolute Gasteiger partial charge is 0.256 e. The molecule has 0 radical (unpaired) electrons. The van der Waals surface area contributed by atoms with Crippen LogP contribution in [0.1, 0.15) is 17.3 Å². The second-order valence-corrected chi connectivity index (χ2v) is 3.68. The number of ketones is 1. The Bertz CT molecular complexity index is 490. The summed E-state index contributed by atoms with van der Waals surface area (Å²) in [7, 11) is 0. The van der Waals surface area contributed by atoms with Gasteiger partial charge < -0.3 is 4.42 Å². The molecule has 14 heavy (non-hydrogen) atoms. The van der Waals surface area contributed by atoms with Crippen molar-refractivity contribution >= 4 is 28.6 Å². The van der Waals surface area contributed by atoms with Crippen molar-refractivity contribution in [3.05, 3.63) is 23.8 Å². The topological polar surface area (TPSA) is 43.1 Å². The van der Waals surface area contributed by atoms with Crippen LogP contribution in [0.25, 0.3) is 11.1 Å². The summed E-state index contributed by atoms with van der Waals surface area (Å²) in [5, 5.41) is 0.626. The van der Waals surface area contributed by atoms with Crippen molar-refractivity contribution in [2.45, 2.75) is 12.1 Å². The minimum Gasteiger partial charge on any atom is -0.431 e. The van der Waals surface area contributed by atoms with Gasteiger partial charge in [-0.2, -0.15) is 0 Å². The van der Waals surface area contributed by atoms with Crippen LogP contribution in [-0.4, -0.2) is 17.0 Å². The van der Waals surface area contributed by atoms with E-state index in [0.29, 0.717) is 16.4 Å². The van der Waals surface area contributed by atoms with E-state index < -0.39 is 0 Å². The molecule has 4 heteroatoms. The molecule has 0 N–H and O–H groups in total. The van der Waals surface area contributed by atoms with Gasteiger partial charge in [0.25, 0.3) is 5.22 Å². The van der Waals surface area contributed by atoms with Crippen molar-refractivity contribution in [2.24, 2.45) is 0 Å². The molecule has 0 fully saturated rings. The molecule has 0 saturated carbocycles. The number of benzene rings is 1. The van der Waals surface area contributed by atoms with Crippen molar-refractivity contribution in [1.82, 2.24) is 4.98 Å². The van der Waals surface area contributed by atoms with Crippen LogP contribution in [0.4, 0.5) is 0 Å². The fourth-order valence-corrected chi connectivity index (χ4v) is 1.57. The van der Waals surface area contributed by atoms with Crippen LogP contribution in [-0.2, 0) is 0 Å². The third kappa shape index (κ3) is 1.53. The van der Waals surface area contributed by atoms with Gasteiger partial charge in [-0.3, -0.25) is 4.79 Å². The van der Waals surface area contributed by atoms with Gasteiger partial charge in [0.2, 0.25) is 0 Å². The van der Waals surface area contributed by atoms with Gasteiger partial charge in [-0.15, -0.1) is 0 Å². The lowest BCUT2D eigenvalue weighted by Gasteiger charge is -1.92. The Morgan fingerprint density at radius 1 is 1.50 bits per heavy atom. The van der Waals surface area contributed by atoms with Crippen LogP contribution in [0.5, 0.6) is 0 Å². The third-order valence-corrected chi connectivity index (χ3v) is 2.47. The van der Waals surface area contributed by atoms with E-state index in [2.05, 4.69) is 4.98 Å². The van der Waals surface area contributed by atoms with Gasteiger partial charge in [0.05, 0.1) is 0 Å². The van der Waals surface area contributed by atoms with Crippen molar-refractivity contribution in [2.75, 3.05) is 6.26 Å². The van der Waals surface area contributed by atoms with Gasteiger partial charge >= 0.3 is 0 Å². The first-order chi connectivity index (χ1) is 6.70. The van der Waals surface area contributed by atoms with E-state index in [1.807, 2.05) is 6.26 Å². The fraction of sp³-hybridized carbons (Fsp3) is 0.200. The van der Waals surface area contributed by atoms with E-state index in [9.17, 15) is 4.79 Å². The minimum atomic E-state index is 0.0361. The lowest BCUT2D eigenvalue weighted by molar-refractivity contribution is 0.101. The first kappa shape index (κ1) is 9.27. The highest BCUT2D eigenvalue weighted by Crippen LogP contribution is 2.22. The lowest BCUT2D eigenvalue weighted by Crippen LogP contribution is -1.89. The molecule has 0 spiro atoms. The van der Waals surface area contributed by atoms with Crippen molar-refractivity contribution < 1.29 is 9.21 Å². The molecule has 1 heterocycles. The van der Waals surface area contributed by atoms with Crippen LogP contribution < -0.4 is 0 Å². The predicted octanol–water partition coefficient (Wildman–Crippen LogP) is 2.75. The number of Topliss-reactive ketones (excluding diaryl/α,β-unsaturated/α-hetero) is 1. The molecule has 0 aliphatic heterocycles. The summed E-state index contributed by atoms with van der Waals surface area (Å²) in [4.78, 5) is 15.3. The summed E-state index contributed by atoms with van der Waals surface area (Å²) in [6.07, 6.45) is 1.90. The summed E-state index contributed by atoms with van der Waals surface area (Å²) >= 11 is 1.45. The van der Waals surface area contributed by atoms with E-state index in [4.69, 9.17) is 4.42 Å². The van der Waals surface area contributed by atoms with Gasteiger partial charge in [-0.05, 0) is 31.4 Å². The van der Waals surface area contributed by atoms with Crippen molar-refractivity contribution in [1.29, 1.82) is 0 Å². The van der Waals surface area contributed by atoms with Gasteiger partial charge in [-0.1, -0.05) is 11.8 Å². The highest BCUT2D eigenvalue weighted by atomic mass is 32.2. The molecule has 0 amide bonds. The van der Waals surface area contributed by atoms with Crippen LogP contribution in [0.3, 0.4) is 0 Å². The number of oxazole rings is 1. The first-order valence-corrected chi connectivity index (χ1v) is 5.38. The Balaban J connectivity index is 2.59. The molecule has 0 aliphatic rings. The summed E-state index contributed by atoms with van der Waals surface area (Å²) in [5.74, 6) is 0.0361. The van der Waals surface area contributed by atoms with Crippen LogP contribution in [0.15, 0.2) is 27.8 Å². The SMILES string of the molecule is CSc1nc2ccc(C(C)=O)cc2o1. The molecule has 1 aromatic heterocycles. The van der Waals surface area contributed by atoms with Gasteiger partial charge in [0.1, 0.15) is 5.52 Å². The summed E-state index contributed by atoms with van der Waals surface area (Å²) in [6, 6.07) is 5.29. The fourth-order valence-electron chi connectivity index (χ4n) is 1.21. The van der Waals surface area contributed by atoms with E-state index >= 15 is 0 Å². The van der Waals surface area contributed by atoms with Gasteiger partial charge in [0, 0.05) is 5.56 Å². The largest absolute Gasteiger partial charge is 0.431 e. The maximum Gasteiger partial charge on any atom is 0.256 e. The maximum atomic E-state index is 11.1. The third-order valence-electron chi connectivity index (χ3n) is 1.95. The van der Waals surface area contributed by atoms with Gasteiger partial charge in [-0.25, -0.2) is 4.98 Å². The van der Waals surface area contributed by atoms with Crippen LogP contribution in [0, 0.1) is 0 Å². The number of rotatable bonds is 2. The number of hydrogen-bond acceptors (Lipinski definition) is 4. The number of thioether (sulfide) groups is 1. The molecule has 1 aromatic carbocycles. The highest BCUT2D eigenvalue weighted by molar-refractivity contribution is 7.98. The average molecular weight is 207 g/mol. The Labute approximate surface area is 85.5 Å². The second kappa shape index (κ2) is 3.46. The molecule has 2 rings (SSSR count). The zero-order valence-electron chi connectivity index (χ0n) is 7.90. The Morgan fingerprint density at radius 3 is 2.93 bits per heavy atom. The molecule has 3 nitrogen and oxygen atoms in total. The number of hydrogen-bond donors (Lipinski definition) is 0. The number of aromatic nitrogens is 1. The minimum absolute atomic E-state index is 0.0361. The molecule has 2 aromatic rings. The zero-order chi connectivity index (χ0) is 10.1. The monoisotopic (exact) mass is 207 g/mol. The first-order valence-electron chi connectivity index (χ1n) is 4.16. The van der Waals surface area contributed by atoms with E-state index in [1.54, 1.807) is 18.2 Å². The van der Waals surface area contributed by atoms with Crippen LogP contribution >= 0.6 is 11.8 Å². The second-order valence-electron chi connectivity index (χ2n) is 2.92. The normalized spacial score (nSPS) is 10.7. The molecule has 0 saturated heterocycles. The average Bonchev–Trinajstić information content (AvgIpc) is 2.58. The summed E-state index contributed by atoms with van der Waals surface area (Å²) in [6.45, 7) is 1.53. The molecular weight excluding hydrogens is 198 g/mol. The summed E-state index contributed by atoms with van der Waals surface area (Å²) in [5.41, 5.74) is 2.11. The molecular formula is C10H9NO2S. The molecule has 0 bridgehead atoms. The Hall–Kier alpha value is -1.29. The van der Waals surface area contributed by atoms with Gasteiger partial charge in [0.15, 0.2) is 11.4 Å². The standard InChI is InChI=1S/C10H9NO2S/c1-6(12)7-3-4-8-9(5-7)13-10(11-8)14-2/h3-5H,1-2H3. The number of carbonyl (C=O) groups excluding carboxylic acids is 1. The van der Waals surface area contributed by atoms with Crippen molar-refractivity contribution in [3.63, 3.8) is 0 Å². The number of fused-ring (bicyclic) bond motifs is 1. The quantitative estimate of drug-likeness (QED) is 0.561. The Morgan fingerprint density at radius 2 is 2.29 bits per heavy atom. The van der Waals surface area contributed by atoms with E-state index in [1.165, 1.54) is 18.7 Å². The van der Waals surface area contributed by atoms with Crippen molar-refractivity contribution in [3.8, 4) is 0 Å². The van der Waals surface area contributed by atoms with E-state index in [-0.39, 0.29) is 5.78 Å². The molecule has 0 unspecified atom stereocenters.